The fourth-order valence-electron chi connectivity index (χ4n) is 4.00. The number of hydrogen-bond acceptors (Lipinski definition) is 3. The number of fused-ring (bicyclic) bond motifs is 1. The van der Waals surface area contributed by atoms with E-state index >= 15 is 0 Å². The predicted octanol–water partition coefficient (Wildman–Crippen LogP) is 5.12. The SMILES string of the molecule is CC(C)C(NC(=O)c1ccco1)C(=O)NCC(c1ccccc1Cl)c1c[nH]c2ccccc12. The first-order valence-electron chi connectivity index (χ1n) is 10.9. The molecule has 2 amide bonds. The van der Waals surface area contributed by atoms with Crippen molar-refractivity contribution in [3.05, 3.63) is 95.0 Å². The lowest BCUT2D eigenvalue weighted by atomic mass is 9.90. The second-order valence-corrected chi connectivity index (χ2v) is 8.69. The van der Waals surface area contributed by atoms with E-state index < -0.39 is 11.9 Å². The zero-order valence-corrected chi connectivity index (χ0v) is 19.2. The Labute approximate surface area is 197 Å². The van der Waals surface area contributed by atoms with Crippen LogP contribution in [0.4, 0.5) is 0 Å². The van der Waals surface area contributed by atoms with Gasteiger partial charge in [0.15, 0.2) is 5.76 Å². The molecule has 0 spiro atoms. The highest BCUT2D eigenvalue weighted by Crippen LogP contribution is 2.34. The van der Waals surface area contributed by atoms with Crippen molar-refractivity contribution in [1.82, 2.24) is 15.6 Å². The smallest absolute Gasteiger partial charge is 0.287 e. The van der Waals surface area contributed by atoms with Crippen molar-refractivity contribution in [3.63, 3.8) is 0 Å². The van der Waals surface area contributed by atoms with Crippen LogP contribution in [0.25, 0.3) is 10.9 Å². The van der Waals surface area contributed by atoms with Crippen LogP contribution in [0, 0.1) is 5.92 Å². The maximum absolute atomic E-state index is 13.1. The number of rotatable bonds is 8. The third-order valence-corrected chi connectivity index (χ3v) is 6.08. The van der Waals surface area contributed by atoms with Crippen molar-refractivity contribution in [1.29, 1.82) is 0 Å². The van der Waals surface area contributed by atoms with Gasteiger partial charge in [-0.05, 0) is 41.3 Å². The van der Waals surface area contributed by atoms with Gasteiger partial charge in [0.25, 0.3) is 5.91 Å². The second-order valence-electron chi connectivity index (χ2n) is 8.28. The minimum absolute atomic E-state index is 0.115. The molecule has 2 aromatic carbocycles. The van der Waals surface area contributed by atoms with Gasteiger partial charge < -0.3 is 20.0 Å². The molecule has 0 aliphatic heterocycles. The summed E-state index contributed by atoms with van der Waals surface area (Å²) in [5.41, 5.74) is 2.98. The molecule has 170 valence electrons. The van der Waals surface area contributed by atoms with Crippen LogP contribution in [0.15, 0.2) is 77.5 Å². The van der Waals surface area contributed by atoms with E-state index in [0.29, 0.717) is 11.6 Å². The molecule has 7 heteroatoms. The van der Waals surface area contributed by atoms with Gasteiger partial charge in [0.1, 0.15) is 6.04 Å². The summed E-state index contributed by atoms with van der Waals surface area (Å²) in [5.74, 6) is -0.806. The molecule has 2 heterocycles. The quantitative estimate of drug-likeness (QED) is 0.339. The summed E-state index contributed by atoms with van der Waals surface area (Å²) in [6.07, 6.45) is 3.39. The lowest BCUT2D eigenvalue weighted by molar-refractivity contribution is -0.123. The second kappa shape index (κ2) is 9.96. The van der Waals surface area contributed by atoms with Crippen LogP contribution in [0.5, 0.6) is 0 Å². The molecule has 0 aliphatic rings. The number of furan rings is 1. The zero-order chi connectivity index (χ0) is 23.4. The third kappa shape index (κ3) is 4.96. The molecule has 33 heavy (non-hydrogen) atoms. The number of H-pyrrole nitrogens is 1. The molecule has 2 atom stereocenters. The molecule has 0 bridgehead atoms. The molecule has 0 fully saturated rings. The van der Waals surface area contributed by atoms with E-state index in [-0.39, 0.29) is 23.5 Å². The monoisotopic (exact) mass is 463 g/mol. The van der Waals surface area contributed by atoms with E-state index in [9.17, 15) is 9.59 Å². The summed E-state index contributed by atoms with van der Waals surface area (Å²) in [5, 5.41) is 7.52. The summed E-state index contributed by atoms with van der Waals surface area (Å²) in [7, 11) is 0. The predicted molar refractivity (Wildman–Crippen MR) is 129 cm³/mol. The van der Waals surface area contributed by atoms with Gasteiger partial charge >= 0.3 is 0 Å². The molecule has 4 rings (SSSR count). The zero-order valence-electron chi connectivity index (χ0n) is 18.5. The summed E-state index contributed by atoms with van der Waals surface area (Å²) < 4.78 is 5.15. The van der Waals surface area contributed by atoms with E-state index in [1.165, 1.54) is 6.26 Å². The van der Waals surface area contributed by atoms with Crippen molar-refractivity contribution in [3.8, 4) is 0 Å². The first-order chi connectivity index (χ1) is 16.0. The number of benzene rings is 2. The van der Waals surface area contributed by atoms with Crippen molar-refractivity contribution < 1.29 is 14.0 Å². The number of para-hydroxylation sites is 1. The highest BCUT2D eigenvalue weighted by Gasteiger charge is 2.27. The third-order valence-electron chi connectivity index (χ3n) is 5.74. The number of hydrogen-bond donors (Lipinski definition) is 3. The van der Waals surface area contributed by atoms with Crippen molar-refractivity contribution in [2.75, 3.05) is 6.54 Å². The van der Waals surface area contributed by atoms with Gasteiger partial charge in [0.2, 0.25) is 5.91 Å². The lowest BCUT2D eigenvalue weighted by Crippen LogP contribution is -2.50. The van der Waals surface area contributed by atoms with E-state index in [4.69, 9.17) is 16.0 Å². The Bertz CT molecular complexity index is 1250. The lowest BCUT2D eigenvalue weighted by Gasteiger charge is -2.24. The molecule has 0 saturated heterocycles. The van der Waals surface area contributed by atoms with E-state index in [0.717, 1.165) is 22.0 Å². The van der Waals surface area contributed by atoms with Gasteiger partial charge in [-0.15, -0.1) is 0 Å². The number of carbonyl (C=O) groups excluding carboxylic acids is 2. The fourth-order valence-corrected chi connectivity index (χ4v) is 4.26. The number of nitrogens with one attached hydrogen (secondary N) is 3. The van der Waals surface area contributed by atoms with Gasteiger partial charge in [-0.1, -0.05) is 61.8 Å². The largest absolute Gasteiger partial charge is 0.459 e. The summed E-state index contributed by atoms with van der Waals surface area (Å²) in [6, 6.07) is 18.2. The average Bonchev–Trinajstić information content (AvgIpc) is 3.49. The van der Waals surface area contributed by atoms with E-state index in [2.05, 4.69) is 15.6 Å². The molecule has 4 aromatic rings. The standard InChI is InChI=1S/C26H26ClN3O3/c1-16(2)24(30-25(31)23-12-7-13-33-23)26(32)29-15-19(17-8-3-5-10-21(17)27)20-14-28-22-11-6-4-9-18(20)22/h3-14,16,19,24,28H,15H2,1-2H3,(H,29,32)(H,30,31). The Balaban J connectivity index is 1.58. The van der Waals surface area contributed by atoms with Gasteiger partial charge in [0, 0.05) is 34.6 Å². The van der Waals surface area contributed by atoms with Gasteiger partial charge in [-0.25, -0.2) is 0 Å². The van der Waals surface area contributed by atoms with Crippen LogP contribution >= 0.6 is 11.6 Å². The molecule has 3 N–H and O–H groups in total. The first kappa shape index (κ1) is 22.7. The highest BCUT2D eigenvalue weighted by atomic mass is 35.5. The number of halogens is 1. The molecule has 0 radical (unpaired) electrons. The number of aromatic amines is 1. The van der Waals surface area contributed by atoms with Gasteiger partial charge in [-0.2, -0.15) is 0 Å². The Kier molecular flexibility index (Phi) is 6.84. The Hall–Kier alpha value is -3.51. The van der Waals surface area contributed by atoms with Gasteiger partial charge in [0.05, 0.1) is 6.26 Å². The fraction of sp³-hybridized carbons (Fsp3) is 0.231. The van der Waals surface area contributed by atoms with Crippen LogP contribution in [-0.4, -0.2) is 29.4 Å². The maximum atomic E-state index is 13.1. The molecule has 0 aliphatic carbocycles. The molecule has 0 saturated carbocycles. The number of carbonyl (C=O) groups is 2. The highest BCUT2D eigenvalue weighted by molar-refractivity contribution is 6.31. The summed E-state index contributed by atoms with van der Waals surface area (Å²) in [6.45, 7) is 4.10. The molecular weight excluding hydrogens is 438 g/mol. The van der Waals surface area contributed by atoms with E-state index in [1.807, 2.05) is 68.6 Å². The molecule has 2 unspecified atom stereocenters. The normalized spacial score (nSPS) is 13.1. The summed E-state index contributed by atoms with van der Waals surface area (Å²) in [4.78, 5) is 28.9. The van der Waals surface area contributed by atoms with Crippen LogP contribution in [0.2, 0.25) is 5.02 Å². The van der Waals surface area contributed by atoms with Crippen LogP contribution in [0.1, 0.15) is 41.4 Å². The minimum atomic E-state index is -0.711. The van der Waals surface area contributed by atoms with Gasteiger partial charge in [-0.3, -0.25) is 9.59 Å². The number of amides is 2. The van der Waals surface area contributed by atoms with E-state index in [1.54, 1.807) is 12.1 Å². The number of aromatic nitrogens is 1. The van der Waals surface area contributed by atoms with Crippen LogP contribution in [-0.2, 0) is 4.79 Å². The van der Waals surface area contributed by atoms with Crippen LogP contribution in [0.3, 0.4) is 0 Å². The van der Waals surface area contributed by atoms with Crippen molar-refractivity contribution in [2.24, 2.45) is 5.92 Å². The van der Waals surface area contributed by atoms with Crippen molar-refractivity contribution in [2.45, 2.75) is 25.8 Å². The Morgan fingerprint density at radius 3 is 2.48 bits per heavy atom. The Morgan fingerprint density at radius 1 is 1.00 bits per heavy atom. The van der Waals surface area contributed by atoms with Crippen molar-refractivity contribution >= 4 is 34.3 Å². The molecular formula is C26H26ClN3O3. The Morgan fingerprint density at radius 2 is 1.76 bits per heavy atom. The first-order valence-corrected chi connectivity index (χ1v) is 11.3. The molecule has 6 nitrogen and oxygen atoms in total. The average molecular weight is 464 g/mol. The topological polar surface area (TPSA) is 87.1 Å². The maximum Gasteiger partial charge on any atom is 0.287 e. The molecule has 2 aromatic heterocycles. The summed E-state index contributed by atoms with van der Waals surface area (Å²) >= 11 is 6.55. The minimum Gasteiger partial charge on any atom is -0.459 e. The van der Waals surface area contributed by atoms with Crippen LogP contribution < -0.4 is 10.6 Å².